The molecule has 1 aliphatic rings. The first-order chi connectivity index (χ1) is 15.6. The van der Waals surface area contributed by atoms with Crippen molar-refractivity contribution in [3.63, 3.8) is 0 Å². The van der Waals surface area contributed by atoms with Crippen LogP contribution >= 0.6 is 0 Å². The summed E-state index contributed by atoms with van der Waals surface area (Å²) in [6.07, 6.45) is -4.08. The highest BCUT2D eigenvalue weighted by molar-refractivity contribution is 5.94. The largest absolute Gasteiger partial charge is 0.496 e. The Labute approximate surface area is 187 Å². The number of hydrogen-bond donors (Lipinski definition) is 0. The lowest BCUT2D eigenvalue weighted by molar-refractivity contribution is -0.147. The predicted octanol–water partition coefficient (Wildman–Crippen LogP) is 2.49. The number of nitrogens with zero attached hydrogens (tertiary/aromatic N) is 6. The molecule has 0 N–H and O–H groups in total. The van der Waals surface area contributed by atoms with Crippen LogP contribution < -0.4 is 10.4 Å². The van der Waals surface area contributed by atoms with Gasteiger partial charge in [0, 0.05) is 32.7 Å². The number of likely N-dealkylation sites (tertiary alicyclic amines) is 1. The highest BCUT2D eigenvalue weighted by Crippen LogP contribution is 2.30. The van der Waals surface area contributed by atoms with Gasteiger partial charge in [-0.05, 0) is 31.0 Å². The minimum atomic E-state index is -4.71. The second-order valence-electron chi connectivity index (χ2n) is 7.87. The quantitative estimate of drug-likeness (QED) is 0.592. The molecule has 2 aromatic heterocycles. The number of amides is 1. The van der Waals surface area contributed by atoms with Crippen molar-refractivity contribution in [2.45, 2.75) is 25.1 Å². The lowest BCUT2D eigenvalue weighted by Gasteiger charge is -2.31. The maximum Gasteiger partial charge on any atom is 0.451 e. The SMILES string of the molecule is COc1ccccc1-c1cc(C(=O)N2CCC(n3nc(C(F)(F)F)n(C)c3=O)CC2)n(C)n1. The molecule has 0 bridgehead atoms. The van der Waals surface area contributed by atoms with E-state index in [9.17, 15) is 22.8 Å². The number of piperidine rings is 1. The number of benzene rings is 1. The van der Waals surface area contributed by atoms with Gasteiger partial charge < -0.3 is 9.64 Å². The van der Waals surface area contributed by atoms with Crippen molar-refractivity contribution in [2.75, 3.05) is 20.2 Å². The molecule has 1 fully saturated rings. The zero-order valence-electron chi connectivity index (χ0n) is 18.3. The highest BCUT2D eigenvalue weighted by atomic mass is 19.4. The van der Waals surface area contributed by atoms with E-state index in [2.05, 4.69) is 10.2 Å². The number of carbonyl (C=O) groups is 1. The molecule has 33 heavy (non-hydrogen) atoms. The van der Waals surface area contributed by atoms with E-state index in [4.69, 9.17) is 4.74 Å². The third-order valence-corrected chi connectivity index (χ3v) is 5.84. The van der Waals surface area contributed by atoms with Crippen molar-refractivity contribution in [1.82, 2.24) is 29.0 Å². The van der Waals surface area contributed by atoms with Gasteiger partial charge in [-0.15, -0.1) is 5.10 Å². The van der Waals surface area contributed by atoms with Crippen molar-refractivity contribution in [1.29, 1.82) is 0 Å². The molecule has 0 unspecified atom stereocenters. The van der Waals surface area contributed by atoms with E-state index in [1.807, 2.05) is 18.2 Å². The molecule has 0 atom stereocenters. The van der Waals surface area contributed by atoms with Gasteiger partial charge in [-0.3, -0.25) is 14.0 Å². The Morgan fingerprint density at radius 3 is 2.39 bits per heavy atom. The first-order valence-electron chi connectivity index (χ1n) is 10.3. The molecule has 176 valence electrons. The Morgan fingerprint density at radius 1 is 1.12 bits per heavy atom. The molecule has 1 saturated heterocycles. The second-order valence-corrected chi connectivity index (χ2v) is 7.87. The molecule has 3 heterocycles. The Bertz CT molecular complexity index is 1230. The molecule has 0 radical (unpaired) electrons. The van der Waals surface area contributed by atoms with Gasteiger partial charge in [-0.25, -0.2) is 9.48 Å². The van der Waals surface area contributed by atoms with E-state index in [0.717, 1.165) is 17.3 Å². The maximum atomic E-state index is 13.1. The molecule has 0 saturated carbocycles. The Morgan fingerprint density at radius 2 is 1.79 bits per heavy atom. The second kappa shape index (κ2) is 8.41. The fourth-order valence-corrected chi connectivity index (χ4v) is 4.07. The van der Waals surface area contributed by atoms with E-state index < -0.39 is 23.7 Å². The summed E-state index contributed by atoms with van der Waals surface area (Å²) in [6.45, 7) is 0.562. The summed E-state index contributed by atoms with van der Waals surface area (Å²) in [7, 11) is 4.28. The van der Waals surface area contributed by atoms with E-state index >= 15 is 0 Å². The fraction of sp³-hybridized carbons (Fsp3) is 0.429. The highest BCUT2D eigenvalue weighted by Gasteiger charge is 2.39. The summed E-state index contributed by atoms with van der Waals surface area (Å²) in [5, 5.41) is 7.95. The summed E-state index contributed by atoms with van der Waals surface area (Å²) in [5.74, 6) is -0.840. The summed E-state index contributed by atoms with van der Waals surface area (Å²) in [4.78, 5) is 27.0. The monoisotopic (exact) mass is 464 g/mol. The van der Waals surface area contributed by atoms with Crippen LogP contribution in [0, 0.1) is 0 Å². The molecular formula is C21H23F3N6O3. The van der Waals surface area contributed by atoms with Crippen LogP contribution in [0.4, 0.5) is 13.2 Å². The maximum absolute atomic E-state index is 13.1. The average Bonchev–Trinajstić information content (AvgIpc) is 3.33. The van der Waals surface area contributed by atoms with Crippen LogP contribution in [0.2, 0.25) is 0 Å². The van der Waals surface area contributed by atoms with Crippen molar-refractivity contribution in [3.8, 4) is 17.0 Å². The van der Waals surface area contributed by atoms with Gasteiger partial charge in [0.2, 0.25) is 5.82 Å². The molecule has 1 aromatic carbocycles. The number of ether oxygens (including phenoxy) is 1. The minimum Gasteiger partial charge on any atom is -0.496 e. The molecule has 1 amide bonds. The van der Waals surface area contributed by atoms with Gasteiger partial charge in [-0.1, -0.05) is 12.1 Å². The van der Waals surface area contributed by atoms with Crippen LogP contribution in [0.15, 0.2) is 35.1 Å². The number of carbonyl (C=O) groups excluding carboxylic acids is 1. The van der Waals surface area contributed by atoms with Crippen LogP contribution in [0.25, 0.3) is 11.3 Å². The Balaban J connectivity index is 1.50. The topological polar surface area (TPSA) is 87.2 Å². The van der Waals surface area contributed by atoms with Crippen molar-refractivity contribution < 1.29 is 22.7 Å². The number of hydrogen-bond acceptors (Lipinski definition) is 5. The molecular weight excluding hydrogens is 441 g/mol. The third-order valence-electron chi connectivity index (χ3n) is 5.84. The minimum absolute atomic E-state index is 0.242. The van der Waals surface area contributed by atoms with Gasteiger partial charge in [0.25, 0.3) is 5.91 Å². The zero-order valence-corrected chi connectivity index (χ0v) is 18.3. The standard InChI is InChI=1S/C21H23F3N6O3/c1-27-19(21(22,23)24)26-30(20(27)32)13-8-10-29(11-9-13)18(31)16-12-15(25-28(16)2)14-6-4-5-7-17(14)33-3/h4-7,12-13H,8-11H2,1-3H3. The molecule has 0 spiro atoms. The van der Waals surface area contributed by atoms with Gasteiger partial charge in [-0.2, -0.15) is 18.3 Å². The summed E-state index contributed by atoms with van der Waals surface area (Å²) in [5.41, 5.74) is 0.903. The smallest absolute Gasteiger partial charge is 0.451 e. The van der Waals surface area contributed by atoms with Gasteiger partial charge >= 0.3 is 11.9 Å². The predicted molar refractivity (Wildman–Crippen MR) is 112 cm³/mol. The third kappa shape index (κ3) is 4.12. The first kappa shape index (κ1) is 22.6. The number of alkyl halides is 3. The molecule has 1 aliphatic heterocycles. The van der Waals surface area contributed by atoms with Crippen LogP contribution in [0.3, 0.4) is 0 Å². The first-order valence-corrected chi connectivity index (χ1v) is 10.3. The van der Waals surface area contributed by atoms with Crippen LogP contribution in [0.1, 0.15) is 35.2 Å². The lowest BCUT2D eigenvalue weighted by Crippen LogP contribution is -2.41. The fourth-order valence-electron chi connectivity index (χ4n) is 4.07. The summed E-state index contributed by atoms with van der Waals surface area (Å²) < 4.78 is 47.5. The number of halogens is 3. The van der Waals surface area contributed by atoms with Crippen LogP contribution in [-0.2, 0) is 20.3 Å². The zero-order chi connectivity index (χ0) is 23.9. The molecule has 12 heteroatoms. The number of aromatic nitrogens is 5. The van der Waals surface area contributed by atoms with E-state index in [-0.39, 0.29) is 19.0 Å². The van der Waals surface area contributed by atoms with Gasteiger partial charge in [0.15, 0.2) is 0 Å². The number of para-hydroxylation sites is 1. The molecule has 9 nitrogen and oxygen atoms in total. The summed E-state index contributed by atoms with van der Waals surface area (Å²) in [6, 6.07) is 8.51. The lowest BCUT2D eigenvalue weighted by atomic mass is 10.0. The Hall–Kier alpha value is -3.57. The van der Waals surface area contributed by atoms with Crippen LogP contribution in [-0.4, -0.2) is 55.1 Å². The average molecular weight is 464 g/mol. The van der Waals surface area contributed by atoms with Crippen molar-refractivity contribution in [3.05, 3.63) is 52.3 Å². The van der Waals surface area contributed by atoms with E-state index in [1.54, 1.807) is 31.2 Å². The number of rotatable bonds is 4. The Kier molecular flexibility index (Phi) is 5.76. The molecule has 3 aromatic rings. The van der Waals surface area contributed by atoms with Gasteiger partial charge in [0.1, 0.15) is 11.4 Å². The molecule has 0 aliphatic carbocycles. The van der Waals surface area contributed by atoms with Crippen molar-refractivity contribution in [2.24, 2.45) is 14.1 Å². The normalized spacial score (nSPS) is 15.2. The summed E-state index contributed by atoms with van der Waals surface area (Å²) >= 11 is 0. The van der Waals surface area contributed by atoms with Crippen molar-refractivity contribution >= 4 is 5.91 Å². The van der Waals surface area contributed by atoms with Gasteiger partial charge in [0.05, 0.1) is 18.8 Å². The number of aryl methyl sites for hydroxylation is 1. The van der Waals surface area contributed by atoms with Crippen LogP contribution in [0.5, 0.6) is 5.75 Å². The molecule has 4 rings (SSSR count). The van der Waals surface area contributed by atoms with E-state index in [1.165, 1.54) is 4.68 Å². The van der Waals surface area contributed by atoms with E-state index in [0.29, 0.717) is 34.5 Å². The number of methoxy groups -OCH3 is 1.